The molecule has 31 heavy (non-hydrogen) atoms. The molecule has 0 unspecified atom stereocenters. The second kappa shape index (κ2) is 9.93. The third kappa shape index (κ3) is 5.93. The van der Waals surface area contributed by atoms with Crippen molar-refractivity contribution in [2.45, 2.75) is 61.3 Å². The van der Waals surface area contributed by atoms with Crippen molar-refractivity contribution in [1.82, 2.24) is 4.72 Å². The lowest BCUT2D eigenvalue weighted by Gasteiger charge is -2.22. The summed E-state index contributed by atoms with van der Waals surface area (Å²) >= 11 is 0. The molecule has 1 amide bonds. The number of carbonyl (C=O) groups is 1. The van der Waals surface area contributed by atoms with E-state index in [2.05, 4.69) is 10.0 Å². The van der Waals surface area contributed by atoms with Gasteiger partial charge in [-0.1, -0.05) is 38.3 Å². The van der Waals surface area contributed by atoms with Crippen LogP contribution in [0.5, 0.6) is 0 Å². The standard InChI is InChI=1S/C22H28N2O5S2/c1-2-16-30(26,27)21-11-7-6-10-20(21)22(25)23-17-12-14-19(15-13-17)31(28,29)24-18-8-4-3-5-9-18/h6-7,10-15,18,24H,2-5,8-9,16H2,1H3,(H,23,25). The Kier molecular flexibility index (Phi) is 7.51. The average Bonchev–Trinajstić information content (AvgIpc) is 2.74. The van der Waals surface area contributed by atoms with Crippen LogP contribution < -0.4 is 10.0 Å². The van der Waals surface area contributed by atoms with Crippen LogP contribution in [-0.4, -0.2) is 34.5 Å². The molecular weight excluding hydrogens is 436 g/mol. The van der Waals surface area contributed by atoms with Crippen molar-refractivity contribution in [3.05, 3.63) is 54.1 Å². The molecule has 168 valence electrons. The van der Waals surface area contributed by atoms with Crippen molar-refractivity contribution in [3.8, 4) is 0 Å². The first-order valence-electron chi connectivity index (χ1n) is 10.5. The summed E-state index contributed by atoms with van der Waals surface area (Å²) in [5.41, 5.74) is 0.441. The van der Waals surface area contributed by atoms with Gasteiger partial charge in [-0.15, -0.1) is 0 Å². The minimum Gasteiger partial charge on any atom is -0.322 e. The van der Waals surface area contributed by atoms with Crippen LogP contribution in [-0.2, 0) is 19.9 Å². The fourth-order valence-electron chi connectivity index (χ4n) is 3.73. The summed E-state index contributed by atoms with van der Waals surface area (Å²) in [7, 11) is -7.20. The lowest BCUT2D eigenvalue weighted by Crippen LogP contribution is -2.36. The minimum atomic E-state index is -3.63. The van der Waals surface area contributed by atoms with E-state index in [4.69, 9.17) is 0 Å². The summed E-state index contributed by atoms with van der Waals surface area (Å²) in [6, 6.07) is 11.9. The van der Waals surface area contributed by atoms with E-state index in [-0.39, 0.29) is 27.1 Å². The van der Waals surface area contributed by atoms with Crippen molar-refractivity contribution in [2.24, 2.45) is 0 Å². The predicted molar refractivity (Wildman–Crippen MR) is 120 cm³/mol. The quantitative estimate of drug-likeness (QED) is 0.619. The molecule has 1 aliphatic carbocycles. The number of anilines is 1. The van der Waals surface area contributed by atoms with Crippen LogP contribution in [0.2, 0.25) is 0 Å². The average molecular weight is 465 g/mol. The van der Waals surface area contributed by atoms with Gasteiger partial charge in [0, 0.05) is 11.7 Å². The molecule has 0 saturated heterocycles. The smallest absolute Gasteiger partial charge is 0.256 e. The molecule has 0 spiro atoms. The molecule has 7 nitrogen and oxygen atoms in total. The Morgan fingerprint density at radius 2 is 1.58 bits per heavy atom. The summed E-state index contributed by atoms with van der Waals surface area (Å²) in [5, 5.41) is 2.65. The first kappa shape index (κ1) is 23.4. The summed E-state index contributed by atoms with van der Waals surface area (Å²) in [4.78, 5) is 12.8. The van der Waals surface area contributed by atoms with Gasteiger partial charge in [-0.25, -0.2) is 21.6 Å². The Bertz CT molecular complexity index is 1120. The molecule has 3 rings (SSSR count). The minimum absolute atomic E-state index is 0.00905. The summed E-state index contributed by atoms with van der Waals surface area (Å²) in [5.74, 6) is -0.607. The van der Waals surface area contributed by atoms with Gasteiger partial charge in [-0.05, 0) is 55.7 Å². The molecule has 9 heteroatoms. The Hall–Kier alpha value is -2.23. The van der Waals surface area contributed by atoms with Crippen molar-refractivity contribution >= 4 is 31.5 Å². The van der Waals surface area contributed by atoms with Gasteiger partial charge in [0.2, 0.25) is 10.0 Å². The van der Waals surface area contributed by atoms with Gasteiger partial charge in [0.05, 0.1) is 21.1 Å². The molecule has 0 heterocycles. The summed E-state index contributed by atoms with van der Waals surface area (Å²) in [6.07, 6.45) is 5.31. The zero-order valence-corrected chi connectivity index (χ0v) is 19.1. The summed E-state index contributed by atoms with van der Waals surface area (Å²) < 4.78 is 52.9. The zero-order valence-electron chi connectivity index (χ0n) is 17.5. The molecule has 1 fully saturated rings. The van der Waals surface area contributed by atoms with Gasteiger partial charge in [-0.2, -0.15) is 0 Å². The highest BCUT2D eigenvalue weighted by atomic mass is 32.2. The number of carbonyl (C=O) groups excluding carboxylic acids is 1. The van der Waals surface area contributed by atoms with E-state index in [1.165, 1.54) is 36.4 Å². The second-order valence-electron chi connectivity index (χ2n) is 7.75. The SMILES string of the molecule is CCCS(=O)(=O)c1ccccc1C(=O)Nc1ccc(S(=O)(=O)NC2CCCCC2)cc1. The number of hydrogen-bond acceptors (Lipinski definition) is 5. The van der Waals surface area contributed by atoms with Crippen LogP contribution in [0.1, 0.15) is 55.8 Å². The lowest BCUT2D eigenvalue weighted by atomic mass is 9.96. The first-order chi connectivity index (χ1) is 14.7. The molecule has 2 aromatic carbocycles. The van der Waals surface area contributed by atoms with Crippen molar-refractivity contribution in [1.29, 1.82) is 0 Å². The number of nitrogens with one attached hydrogen (secondary N) is 2. The Morgan fingerprint density at radius 1 is 0.935 bits per heavy atom. The molecule has 0 aromatic heterocycles. The van der Waals surface area contributed by atoms with Crippen LogP contribution in [0.25, 0.3) is 0 Å². The van der Waals surface area contributed by atoms with Gasteiger partial charge in [-0.3, -0.25) is 4.79 Å². The Labute approximate surface area is 184 Å². The van der Waals surface area contributed by atoms with E-state index in [0.717, 1.165) is 32.1 Å². The molecule has 2 aromatic rings. The van der Waals surface area contributed by atoms with Crippen LogP contribution in [0, 0.1) is 0 Å². The fraction of sp³-hybridized carbons (Fsp3) is 0.409. The molecule has 0 atom stereocenters. The van der Waals surface area contributed by atoms with Gasteiger partial charge >= 0.3 is 0 Å². The highest BCUT2D eigenvalue weighted by molar-refractivity contribution is 7.91. The van der Waals surface area contributed by atoms with Crippen molar-refractivity contribution in [3.63, 3.8) is 0 Å². The van der Waals surface area contributed by atoms with Gasteiger partial charge < -0.3 is 5.32 Å². The molecule has 0 aliphatic heterocycles. The van der Waals surface area contributed by atoms with E-state index in [9.17, 15) is 21.6 Å². The van der Waals surface area contributed by atoms with Crippen molar-refractivity contribution < 1.29 is 21.6 Å². The molecule has 0 radical (unpaired) electrons. The van der Waals surface area contributed by atoms with Gasteiger partial charge in [0.1, 0.15) is 0 Å². The lowest BCUT2D eigenvalue weighted by molar-refractivity contribution is 0.102. The van der Waals surface area contributed by atoms with E-state index in [0.29, 0.717) is 12.1 Å². The van der Waals surface area contributed by atoms with E-state index in [1.807, 2.05) is 0 Å². The summed E-state index contributed by atoms with van der Waals surface area (Å²) in [6.45, 7) is 1.76. The maximum Gasteiger partial charge on any atom is 0.256 e. The van der Waals surface area contributed by atoms with Crippen LogP contribution >= 0.6 is 0 Å². The second-order valence-corrected chi connectivity index (χ2v) is 11.5. The van der Waals surface area contributed by atoms with Gasteiger partial charge in [0.15, 0.2) is 9.84 Å². The van der Waals surface area contributed by atoms with Gasteiger partial charge in [0.25, 0.3) is 5.91 Å². The number of sulfone groups is 1. The normalized spacial score (nSPS) is 15.5. The maximum absolute atomic E-state index is 12.7. The number of rotatable bonds is 8. The monoisotopic (exact) mass is 464 g/mol. The highest BCUT2D eigenvalue weighted by Crippen LogP contribution is 2.22. The zero-order chi connectivity index (χ0) is 22.5. The third-order valence-corrected chi connectivity index (χ3v) is 8.80. The van der Waals surface area contributed by atoms with E-state index < -0.39 is 25.8 Å². The maximum atomic E-state index is 12.7. The molecule has 2 N–H and O–H groups in total. The molecule has 1 aliphatic rings. The number of amides is 1. The number of hydrogen-bond donors (Lipinski definition) is 2. The van der Waals surface area contributed by atoms with E-state index >= 15 is 0 Å². The van der Waals surface area contributed by atoms with Crippen molar-refractivity contribution in [2.75, 3.05) is 11.1 Å². The number of benzene rings is 2. The topological polar surface area (TPSA) is 109 Å². The van der Waals surface area contributed by atoms with Crippen LogP contribution in [0.3, 0.4) is 0 Å². The molecule has 0 bridgehead atoms. The van der Waals surface area contributed by atoms with Crippen LogP contribution in [0.4, 0.5) is 5.69 Å². The Morgan fingerprint density at radius 3 is 2.23 bits per heavy atom. The first-order valence-corrected chi connectivity index (χ1v) is 13.6. The Balaban J connectivity index is 1.74. The predicted octanol–water partition coefficient (Wildman–Crippen LogP) is 3.73. The van der Waals surface area contributed by atoms with E-state index in [1.54, 1.807) is 19.1 Å². The van der Waals surface area contributed by atoms with Crippen LogP contribution in [0.15, 0.2) is 58.3 Å². The fourth-order valence-corrected chi connectivity index (χ4v) is 6.57. The molecular formula is C22H28N2O5S2. The highest BCUT2D eigenvalue weighted by Gasteiger charge is 2.23. The largest absolute Gasteiger partial charge is 0.322 e. The molecule has 1 saturated carbocycles. The third-order valence-electron chi connectivity index (χ3n) is 5.29. The number of sulfonamides is 1.